The lowest BCUT2D eigenvalue weighted by molar-refractivity contribution is -0.131. The highest BCUT2D eigenvalue weighted by molar-refractivity contribution is 6.40. The first-order valence-electron chi connectivity index (χ1n) is 3.88. The van der Waals surface area contributed by atoms with E-state index in [4.69, 9.17) is 5.11 Å². The summed E-state index contributed by atoms with van der Waals surface area (Å²) in [6.07, 6.45) is 1.45. The van der Waals surface area contributed by atoms with Crippen LogP contribution in [0, 0.1) is 6.92 Å². The van der Waals surface area contributed by atoms with Crippen molar-refractivity contribution in [1.29, 1.82) is 0 Å². The highest BCUT2D eigenvalue weighted by atomic mass is 16.4. The number of carbonyl (C=O) groups excluding carboxylic acids is 1. The molecule has 1 N–H and O–H groups in total. The standard InChI is InChI=1S/C8H10N2O3/c1-3-10-4-6(5(2)9-10)7(11)8(12)13/h4H,3H2,1-2H3,(H,12,13). The number of hydrogen-bond donors (Lipinski definition) is 1. The van der Waals surface area contributed by atoms with Crippen LogP contribution in [-0.4, -0.2) is 26.6 Å². The van der Waals surface area contributed by atoms with E-state index in [0.717, 1.165) is 0 Å². The van der Waals surface area contributed by atoms with Crippen molar-refractivity contribution in [1.82, 2.24) is 9.78 Å². The van der Waals surface area contributed by atoms with Gasteiger partial charge in [-0.1, -0.05) is 0 Å². The highest BCUT2D eigenvalue weighted by Gasteiger charge is 2.19. The van der Waals surface area contributed by atoms with Gasteiger partial charge in [0.05, 0.1) is 11.3 Å². The van der Waals surface area contributed by atoms with Crippen molar-refractivity contribution < 1.29 is 14.7 Å². The lowest BCUT2D eigenvalue weighted by Gasteiger charge is -1.90. The summed E-state index contributed by atoms with van der Waals surface area (Å²) in [5, 5.41) is 12.4. The summed E-state index contributed by atoms with van der Waals surface area (Å²) >= 11 is 0. The first-order chi connectivity index (χ1) is 6.06. The van der Waals surface area contributed by atoms with Gasteiger partial charge in [0.15, 0.2) is 0 Å². The van der Waals surface area contributed by atoms with Gasteiger partial charge in [-0.2, -0.15) is 5.10 Å². The van der Waals surface area contributed by atoms with Crippen LogP contribution in [0.15, 0.2) is 6.20 Å². The second-order valence-corrected chi connectivity index (χ2v) is 2.62. The quantitative estimate of drug-likeness (QED) is 0.545. The molecule has 1 aromatic rings. The Kier molecular flexibility index (Phi) is 2.46. The number of rotatable bonds is 3. The maximum Gasteiger partial charge on any atom is 0.377 e. The van der Waals surface area contributed by atoms with Gasteiger partial charge in [-0.05, 0) is 13.8 Å². The Balaban J connectivity index is 3.07. The van der Waals surface area contributed by atoms with Crippen LogP contribution in [0.2, 0.25) is 0 Å². The van der Waals surface area contributed by atoms with Crippen LogP contribution >= 0.6 is 0 Å². The summed E-state index contributed by atoms with van der Waals surface area (Å²) in [4.78, 5) is 21.4. The molecule has 0 bridgehead atoms. The van der Waals surface area contributed by atoms with E-state index in [1.807, 2.05) is 6.92 Å². The first-order valence-corrected chi connectivity index (χ1v) is 3.88. The summed E-state index contributed by atoms with van der Waals surface area (Å²) in [5.74, 6) is -2.35. The third-order valence-corrected chi connectivity index (χ3v) is 1.71. The molecule has 1 rings (SSSR count). The van der Waals surface area contributed by atoms with Crippen molar-refractivity contribution in [2.45, 2.75) is 20.4 Å². The second-order valence-electron chi connectivity index (χ2n) is 2.62. The van der Waals surface area contributed by atoms with Gasteiger partial charge in [0.25, 0.3) is 5.78 Å². The number of carboxylic acids is 1. The monoisotopic (exact) mass is 182 g/mol. The van der Waals surface area contributed by atoms with E-state index in [1.165, 1.54) is 10.9 Å². The molecule has 1 heterocycles. The number of aromatic nitrogens is 2. The minimum atomic E-state index is -1.45. The van der Waals surface area contributed by atoms with Crippen LogP contribution in [-0.2, 0) is 11.3 Å². The summed E-state index contributed by atoms with van der Waals surface area (Å²) in [6.45, 7) is 4.09. The molecule has 0 spiro atoms. The van der Waals surface area contributed by atoms with Crippen molar-refractivity contribution >= 4 is 11.8 Å². The maximum atomic E-state index is 11.0. The molecule has 5 nitrogen and oxygen atoms in total. The zero-order valence-corrected chi connectivity index (χ0v) is 7.44. The highest BCUT2D eigenvalue weighted by Crippen LogP contribution is 2.06. The van der Waals surface area contributed by atoms with Crippen LogP contribution < -0.4 is 0 Å². The minimum absolute atomic E-state index is 0.161. The molecule has 0 aromatic carbocycles. The Hall–Kier alpha value is -1.65. The van der Waals surface area contributed by atoms with Crippen molar-refractivity contribution in [3.05, 3.63) is 17.5 Å². The average Bonchev–Trinajstić information content (AvgIpc) is 2.45. The van der Waals surface area contributed by atoms with Gasteiger partial charge in [-0.25, -0.2) is 4.79 Å². The first kappa shape index (κ1) is 9.44. The summed E-state index contributed by atoms with van der Waals surface area (Å²) < 4.78 is 1.53. The van der Waals surface area contributed by atoms with Crippen LogP contribution in [0.25, 0.3) is 0 Å². The molecule has 0 aliphatic rings. The molecule has 0 fully saturated rings. The molecule has 0 saturated carbocycles. The summed E-state index contributed by atoms with van der Waals surface area (Å²) in [5.41, 5.74) is 0.614. The lowest BCUT2D eigenvalue weighted by Crippen LogP contribution is -2.12. The molecule has 0 unspecified atom stereocenters. The number of Topliss-reactive ketones (excluding diaryl/α,β-unsaturated/α-hetero) is 1. The predicted octanol–water partition coefficient (Wildman–Crippen LogP) is 0.479. The molecular weight excluding hydrogens is 172 g/mol. The van der Waals surface area contributed by atoms with Crippen LogP contribution in [0.3, 0.4) is 0 Å². The third kappa shape index (κ3) is 1.74. The van der Waals surface area contributed by atoms with Crippen LogP contribution in [0.4, 0.5) is 0 Å². The molecule has 0 atom stereocenters. The van der Waals surface area contributed by atoms with E-state index in [1.54, 1.807) is 6.92 Å². The molecule has 1 aromatic heterocycles. The van der Waals surface area contributed by atoms with Crippen molar-refractivity contribution in [2.75, 3.05) is 0 Å². The largest absolute Gasteiger partial charge is 0.475 e. The Morgan fingerprint density at radius 3 is 2.62 bits per heavy atom. The Morgan fingerprint density at radius 2 is 2.23 bits per heavy atom. The van der Waals surface area contributed by atoms with Crippen LogP contribution in [0.1, 0.15) is 23.0 Å². The lowest BCUT2D eigenvalue weighted by atomic mass is 10.2. The molecule has 0 radical (unpaired) electrons. The van der Waals surface area contributed by atoms with E-state index >= 15 is 0 Å². The molecule has 70 valence electrons. The minimum Gasteiger partial charge on any atom is -0.475 e. The van der Waals surface area contributed by atoms with E-state index in [0.29, 0.717) is 12.2 Å². The zero-order valence-electron chi connectivity index (χ0n) is 7.44. The number of carbonyl (C=O) groups is 2. The molecule has 0 aliphatic carbocycles. The number of aliphatic carboxylic acids is 1. The summed E-state index contributed by atoms with van der Waals surface area (Å²) in [7, 11) is 0. The van der Waals surface area contributed by atoms with Gasteiger partial charge in [0, 0.05) is 12.7 Å². The fourth-order valence-corrected chi connectivity index (χ4v) is 1.02. The third-order valence-electron chi connectivity index (χ3n) is 1.71. The normalized spacial score (nSPS) is 10.0. The Morgan fingerprint density at radius 1 is 1.62 bits per heavy atom. The number of carboxylic acid groups (broad SMARTS) is 1. The molecule has 5 heteroatoms. The molecular formula is C8H10N2O3. The van der Waals surface area contributed by atoms with Crippen LogP contribution in [0.5, 0.6) is 0 Å². The second kappa shape index (κ2) is 3.38. The van der Waals surface area contributed by atoms with Crippen molar-refractivity contribution in [3.8, 4) is 0 Å². The fourth-order valence-electron chi connectivity index (χ4n) is 1.02. The fraction of sp³-hybridized carbons (Fsp3) is 0.375. The van der Waals surface area contributed by atoms with Gasteiger partial charge >= 0.3 is 5.97 Å². The van der Waals surface area contributed by atoms with E-state index < -0.39 is 11.8 Å². The topological polar surface area (TPSA) is 72.2 Å². The number of aryl methyl sites for hydroxylation is 2. The van der Waals surface area contributed by atoms with E-state index in [-0.39, 0.29) is 5.56 Å². The average molecular weight is 182 g/mol. The number of ketones is 1. The summed E-state index contributed by atoms with van der Waals surface area (Å²) in [6, 6.07) is 0. The maximum absolute atomic E-state index is 11.0. The molecule has 0 saturated heterocycles. The van der Waals surface area contributed by atoms with Gasteiger partial charge in [-0.15, -0.1) is 0 Å². The van der Waals surface area contributed by atoms with E-state index in [2.05, 4.69) is 5.10 Å². The molecule has 0 amide bonds. The van der Waals surface area contributed by atoms with Gasteiger partial charge in [0.2, 0.25) is 0 Å². The Bertz CT molecular complexity index is 354. The predicted molar refractivity (Wildman–Crippen MR) is 44.6 cm³/mol. The van der Waals surface area contributed by atoms with Gasteiger partial charge in [-0.3, -0.25) is 9.48 Å². The molecule has 13 heavy (non-hydrogen) atoms. The van der Waals surface area contributed by atoms with Gasteiger partial charge < -0.3 is 5.11 Å². The Labute approximate surface area is 75.0 Å². The van der Waals surface area contributed by atoms with Gasteiger partial charge in [0.1, 0.15) is 0 Å². The van der Waals surface area contributed by atoms with Crippen molar-refractivity contribution in [2.24, 2.45) is 0 Å². The SMILES string of the molecule is CCn1cc(C(=O)C(=O)O)c(C)n1. The van der Waals surface area contributed by atoms with E-state index in [9.17, 15) is 9.59 Å². The number of hydrogen-bond acceptors (Lipinski definition) is 3. The zero-order chi connectivity index (χ0) is 10.0. The number of nitrogens with zero attached hydrogens (tertiary/aromatic N) is 2. The smallest absolute Gasteiger partial charge is 0.377 e. The van der Waals surface area contributed by atoms with Crippen molar-refractivity contribution in [3.63, 3.8) is 0 Å². The molecule has 0 aliphatic heterocycles.